The molecular formula is C16H20N4O5S. The van der Waals surface area contributed by atoms with Crippen LogP contribution in [0, 0.1) is 11.3 Å². The highest BCUT2D eigenvalue weighted by Gasteiger charge is 2.29. The molecule has 0 aliphatic heterocycles. The molecule has 0 aliphatic rings. The first-order valence-corrected chi connectivity index (χ1v) is 9.60. The molecule has 0 heterocycles. The molecule has 1 rings (SSSR count). The summed E-state index contributed by atoms with van der Waals surface area (Å²) in [5.41, 5.74) is 0.760. The van der Waals surface area contributed by atoms with Crippen molar-refractivity contribution in [3.05, 3.63) is 29.8 Å². The van der Waals surface area contributed by atoms with Crippen molar-refractivity contribution >= 4 is 33.2 Å². The zero-order valence-corrected chi connectivity index (χ0v) is 15.2. The summed E-state index contributed by atoms with van der Waals surface area (Å²) in [7, 11) is -3.76. The summed E-state index contributed by atoms with van der Waals surface area (Å²) in [6, 6.07) is 7.80. The molecule has 1 aromatic carbocycles. The molecule has 0 spiro atoms. The van der Waals surface area contributed by atoms with Crippen LogP contribution in [-0.4, -0.2) is 50.7 Å². The van der Waals surface area contributed by atoms with Gasteiger partial charge in [0.15, 0.2) is 15.1 Å². The number of nitriles is 1. The average Bonchev–Trinajstić information content (AvgIpc) is 2.54. The molecule has 1 aromatic rings. The van der Waals surface area contributed by atoms with Crippen LogP contribution in [0.1, 0.15) is 23.7 Å². The molecule has 0 aromatic heterocycles. The number of carbonyl (C=O) groups is 3. The van der Waals surface area contributed by atoms with Crippen LogP contribution in [-0.2, 0) is 19.4 Å². The van der Waals surface area contributed by atoms with Gasteiger partial charge >= 0.3 is 0 Å². The SMILES string of the molecule is CC(=O)Nc1ccc(C(=O)NCC(C(=O)NCCC#N)S(C)(=O)=O)cc1. The van der Waals surface area contributed by atoms with Crippen LogP contribution in [0.25, 0.3) is 0 Å². The van der Waals surface area contributed by atoms with Gasteiger partial charge in [-0.2, -0.15) is 5.26 Å². The number of sulfone groups is 1. The first-order chi connectivity index (χ1) is 12.1. The Morgan fingerprint density at radius 3 is 2.27 bits per heavy atom. The third-order valence-corrected chi connectivity index (χ3v) is 4.68. The largest absolute Gasteiger partial charge is 0.354 e. The molecule has 1 atom stereocenters. The Balaban J connectivity index is 2.73. The van der Waals surface area contributed by atoms with Gasteiger partial charge in [0.05, 0.1) is 12.5 Å². The summed E-state index contributed by atoms with van der Waals surface area (Å²) >= 11 is 0. The third-order valence-electron chi connectivity index (χ3n) is 3.26. The molecular weight excluding hydrogens is 360 g/mol. The topological polar surface area (TPSA) is 145 Å². The number of carbonyl (C=O) groups excluding carboxylic acids is 3. The normalized spacial score (nSPS) is 11.7. The van der Waals surface area contributed by atoms with Crippen molar-refractivity contribution in [3.8, 4) is 6.07 Å². The van der Waals surface area contributed by atoms with E-state index in [1.807, 2.05) is 6.07 Å². The third kappa shape index (κ3) is 6.90. The summed E-state index contributed by atoms with van der Waals surface area (Å²) < 4.78 is 23.6. The van der Waals surface area contributed by atoms with Crippen molar-refractivity contribution in [2.24, 2.45) is 0 Å². The first-order valence-electron chi connectivity index (χ1n) is 7.64. The lowest BCUT2D eigenvalue weighted by atomic mass is 10.2. The predicted molar refractivity (Wildman–Crippen MR) is 95.0 cm³/mol. The minimum absolute atomic E-state index is 0.0277. The van der Waals surface area contributed by atoms with Crippen LogP contribution < -0.4 is 16.0 Å². The fourth-order valence-electron chi connectivity index (χ4n) is 1.99. The van der Waals surface area contributed by atoms with Crippen molar-refractivity contribution in [2.75, 3.05) is 24.7 Å². The molecule has 0 fully saturated rings. The Hall–Kier alpha value is -2.93. The van der Waals surface area contributed by atoms with Gasteiger partial charge in [0.2, 0.25) is 11.8 Å². The number of amides is 3. The van der Waals surface area contributed by atoms with E-state index in [1.54, 1.807) is 0 Å². The molecule has 1 unspecified atom stereocenters. The van der Waals surface area contributed by atoms with E-state index in [0.29, 0.717) is 5.69 Å². The molecule has 0 bridgehead atoms. The maximum Gasteiger partial charge on any atom is 0.251 e. The zero-order valence-electron chi connectivity index (χ0n) is 14.4. The van der Waals surface area contributed by atoms with Crippen LogP contribution >= 0.6 is 0 Å². The number of nitrogens with one attached hydrogen (secondary N) is 3. The highest BCUT2D eigenvalue weighted by molar-refractivity contribution is 7.92. The second-order valence-electron chi connectivity index (χ2n) is 5.49. The molecule has 3 N–H and O–H groups in total. The van der Waals surface area contributed by atoms with Crippen molar-refractivity contribution in [1.29, 1.82) is 5.26 Å². The van der Waals surface area contributed by atoms with Crippen molar-refractivity contribution < 1.29 is 22.8 Å². The Bertz CT molecular complexity index is 812. The van der Waals surface area contributed by atoms with Crippen molar-refractivity contribution in [1.82, 2.24) is 10.6 Å². The maximum atomic E-state index is 12.1. The second-order valence-corrected chi connectivity index (χ2v) is 7.71. The molecule has 0 aliphatic carbocycles. The summed E-state index contributed by atoms with van der Waals surface area (Å²) in [6.45, 7) is 0.983. The molecule has 3 amide bonds. The van der Waals surface area contributed by atoms with Gasteiger partial charge in [-0.1, -0.05) is 0 Å². The van der Waals surface area contributed by atoms with Gasteiger partial charge in [-0.15, -0.1) is 0 Å². The predicted octanol–water partition coefficient (Wildman–Crippen LogP) is -0.182. The van der Waals surface area contributed by atoms with Gasteiger partial charge in [-0.3, -0.25) is 14.4 Å². The van der Waals surface area contributed by atoms with Gasteiger partial charge in [0, 0.05) is 37.5 Å². The fraction of sp³-hybridized carbons (Fsp3) is 0.375. The monoisotopic (exact) mass is 380 g/mol. The van der Waals surface area contributed by atoms with Crippen LogP contribution in [0.4, 0.5) is 5.69 Å². The van der Waals surface area contributed by atoms with Gasteiger partial charge in [-0.25, -0.2) is 8.42 Å². The summed E-state index contributed by atoms with van der Waals surface area (Å²) in [4.78, 5) is 35.1. The Kier molecular flexibility index (Phi) is 7.74. The number of hydrogen-bond donors (Lipinski definition) is 3. The van der Waals surface area contributed by atoms with E-state index in [0.717, 1.165) is 6.26 Å². The molecule has 26 heavy (non-hydrogen) atoms. The minimum atomic E-state index is -3.76. The van der Waals surface area contributed by atoms with E-state index in [1.165, 1.54) is 31.2 Å². The maximum absolute atomic E-state index is 12.1. The smallest absolute Gasteiger partial charge is 0.251 e. The van der Waals surface area contributed by atoms with E-state index >= 15 is 0 Å². The van der Waals surface area contributed by atoms with Crippen LogP contribution in [0.3, 0.4) is 0 Å². The summed E-state index contributed by atoms with van der Waals surface area (Å²) in [6.07, 6.45) is 0.950. The lowest BCUT2D eigenvalue weighted by Crippen LogP contribution is -2.47. The van der Waals surface area contributed by atoms with Crippen LogP contribution in [0.5, 0.6) is 0 Å². The van der Waals surface area contributed by atoms with E-state index in [4.69, 9.17) is 5.26 Å². The number of rotatable bonds is 8. The van der Waals surface area contributed by atoms with Crippen LogP contribution in [0.15, 0.2) is 24.3 Å². The second kappa shape index (κ2) is 9.53. The molecule has 0 radical (unpaired) electrons. The Morgan fingerprint density at radius 1 is 1.15 bits per heavy atom. The Labute approximate surface area is 151 Å². The van der Waals surface area contributed by atoms with Gasteiger partial charge in [-0.05, 0) is 24.3 Å². The Morgan fingerprint density at radius 2 is 1.77 bits per heavy atom. The molecule has 9 nitrogen and oxygen atoms in total. The fourth-order valence-corrected chi connectivity index (χ4v) is 2.85. The standard InChI is InChI=1S/C16H20N4O5S/c1-11(21)20-13-6-4-12(5-7-13)15(22)19-10-14(26(2,24)25)16(23)18-9-3-8-17/h4-7,14H,3,9-10H2,1-2H3,(H,18,23)(H,19,22)(H,20,21). The van der Waals surface area contributed by atoms with E-state index in [9.17, 15) is 22.8 Å². The van der Waals surface area contributed by atoms with Gasteiger partial charge in [0.1, 0.15) is 0 Å². The number of hydrogen-bond acceptors (Lipinski definition) is 6. The van der Waals surface area contributed by atoms with E-state index < -0.39 is 33.4 Å². The highest BCUT2D eigenvalue weighted by atomic mass is 32.2. The quantitative estimate of drug-likeness (QED) is 0.533. The molecule has 0 saturated heterocycles. The number of benzene rings is 1. The minimum Gasteiger partial charge on any atom is -0.354 e. The van der Waals surface area contributed by atoms with Gasteiger partial charge < -0.3 is 16.0 Å². The first kappa shape index (κ1) is 21.1. The van der Waals surface area contributed by atoms with E-state index in [2.05, 4.69) is 16.0 Å². The highest BCUT2D eigenvalue weighted by Crippen LogP contribution is 2.09. The number of anilines is 1. The van der Waals surface area contributed by atoms with Crippen LogP contribution in [0.2, 0.25) is 0 Å². The summed E-state index contributed by atoms with van der Waals surface area (Å²) in [5, 5.41) is 14.3. The van der Waals surface area contributed by atoms with Crippen molar-refractivity contribution in [3.63, 3.8) is 0 Å². The zero-order chi connectivity index (χ0) is 19.7. The molecule has 10 heteroatoms. The lowest BCUT2D eigenvalue weighted by molar-refractivity contribution is -0.120. The number of nitrogens with zero attached hydrogens (tertiary/aromatic N) is 1. The summed E-state index contributed by atoms with van der Waals surface area (Å²) in [5.74, 6) is -1.58. The lowest BCUT2D eigenvalue weighted by Gasteiger charge is -2.15. The average molecular weight is 380 g/mol. The molecule has 0 saturated carbocycles. The van der Waals surface area contributed by atoms with E-state index in [-0.39, 0.29) is 24.4 Å². The molecule has 140 valence electrons. The van der Waals surface area contributed by atoms with Crippen molar-refractivity contribution in [2.45, 2.75) is 18.6 Å². The van der Waals surface area contributed by atoms with Gasteiger partial charge in [0.25, 0.3) is 5.91 Å².